The highest BCUT2D eigenvalue weighted by atomic mass is 16.4. The van der Waals surface area contributed by atoms with Crippen molar-refractivity contribution in [3.8, 4) is 0 Å². The molecule has 0 unspecified atom stereocenters. The van der Waals surface area contributed by atoms with Gasteiger partial charge in [0.05, 0.1) is 0 Å². The lowest BCUT2D eigenvalue weighted by Gasteiger charge is -2.34. The Kier molecular flexibility index (Phi) is 4.37. The Balaban J connectivity index is 1.61. The largest absolute Gasteiger partial charge is 0.480 e. The van der Waals surface area contributed by atoms with Crippen LogP contribution >= 0.6 is 0 Å². The smallest absolute Gasteiger partial charge is 0.329 e. The fourth-order valence-corrected chi connectivity index (χ4v) is 3.39. The number of aromatic amines is 1. The van der Waals surface area contributed by atoms with Gasteiger partial charge in [-0.25, -0.2) is 4.79 Å². The van der Waals surface area contributed by atoms with Crippen LogP contribution in [0.2, 0.25) is 0 Å². The van der Waals surface area contributed by atoms with E-state index >= 15 is 0 Å². The van der Waals surface area contributed by atoms with Gasteiger partial charge in [-0.05, 0) is 48.4 Å². The first-order chi connectivity index (χ1) is 11.1. The molecule has 0 bridgehead atoms. The van der Waals surface area contributed by atoms with Gasteiger partial charge in [0.2, 0.25) is 5.91 Å². The number of aliphatic carboxylic acids is 1. The van der Waals surface area contributed by atoms with Gasteiger partial charge in [-0.15, -0.1) is 0 Å². The van der Waals surface area contributed by atoms with Crippen LogP contribution in [0.4, 0.5) is 0 Å². The molecule has 0 saturated heterocycles. The number of H-pyrrole nitrogens is 1. The van der Waals surface area contributed by atoms with Crippen molar-refractivity contribution in [2.45, 2.75) is 50.5 Å². The monoisotopic (exact) mass is 314 g/mol. The third kappa shape index (κ3) is 3.38. The lowest BCUT2D eigenvalue weighted by atomic mass is 9.81. The highest BCUT2D eigenvalue weighted by Crippen LogP contribution is 2.28. The van der Waals surface area contributed by atoms with Crippen LogP contribution < -0.4 is 5.32 Å². The molecule has 0 radical (unpaired) electrons. The Morgan fingerprint density at radius 1 is 1.17 bits per heavy atom. The number of carbonyl (C=O) groups excluding carboxylic acids is 1. The summed E-state index contributed by atoms with van der Waals surface area (Å²) in [5, 5.41) is 13.4. The summed E-state index contributed by atoms with van der Waals surface area (Å²) in [6.07, 6.45) is 6.64. The molecule has 0 atom stereocenters. The van der Waals surface area contributed by atoms with Crippen LogP contribution in [0.5, 0.6) is 0 Å². The zero-order valence-electron chi connectivity index (χ0n) is 13.1. The van der Waals surface area contributed by atoms with E-state index in [4.69, 9.17) is 0 Å². The van der Waals surface area contributed by atoms with E-state index in [0.717, 1.165) is 35.7 Å². The number of nitrogens with one attached hydrogen (secondary N) is 2. The highest BCUT2D eigenvalue weighted by molar-refractivity contribution is 5.87. The zero-order valence-corrected chi connectivity index (χ0v) is 13.1. The molecule has 5 nitrogen and oxygen atoms in total. The number of carbonyl (C=O) groups is 2. The molecule has 1 fully saturated rings. The minimum atomic E-state index is -1.06. The highest BCUT2D eigenvalue weighted by Gasteiger charge is 2.40. The second-order valence-electron chi connectivity index (χ2n) is 6.40. The molecule has 0 spiro atoms. The molecular weight excluding hydrogens is 292 g/mol. The van der Waals surface area contributed by atoms with Gasteiger partial charge in [0.25, 0.3) is 0 Å². The van der Waals surface area contributed by atoms with Gasteiger partial charge < -0.3 is 15.4 Å². The molecule has 0 aliphatic heterocycles. The molecule has 3 rings (SSSR count). The third-order valence-corrected chi connectivity index (χ3v) is 4.75. The Morgan fingerprint density at radius 3 is 2.70 bits per heavy atom. The van der Waals surface area contributed by atoms with Crippen molar-refractivity contribution in [1.29, 1.82) is 0 Å². The molecule has 1 aromatic heterocycles. The van der Waals surface area contributed by atoms with Gasteiger partial charge in [0.15, 0.2) is 0 Å². The van der Waals surface area contributed by atoms with Gasteiger partial charge in [0, 0.05) is 18.1 Å². The SMILES string of the molecule is O=C(CCc1ccc2[nH]ccc2c1)NC1(C(=O)O)CCCCC1. The van der Waals surface area contributed by atoms with Crippen LogP contribution in [0.1, 0.15) is 44.1 Å². The number of hydrogen-bond acceptors (Lipinski definition) is 2. The summed E-state index contributed by atoms with van der Waals surface area (Å²) in [7, 11) is 0. The third-order valence-electron chi connectivity index (χ3n) is 4.75. The second-order valence-corrected chi connectivity index (χ2v) is 6.40. The number of aryl methyl sites for hydroxylation is 1. The van der Waals surface area contributed by atoms with Crippen molar-refractivity contribution in [3.63, 3.8) is 0 Å². The van der Waals surface area contributed by atoms with Gasteiger partial charge >= 0.3 is 5.97 Å². The second kappa shape index (κ2) is 6.44. The molecule has 1 amide bonds. The van der Waals surface area contributed by atoms with E-state index in [1.807, 2.05) is 24.4 Å². The van der Waals surface area contributed by atoms with Gasteiger partial charge in [-0.1, -0.05) is 25.3 Å². The lowest BCUT2D eigenvalue weighted by molar-refractivity contribution is -0.149. The standard InChI is InChI=1S/C18H22N2O3/c21-16(20-18(17(22)23)9-2-1-3-10-18)7-5-13-4-6-15-14(12-13)8-11-19-15/h4,6,8,11-12,19H,1-3,5,7,9-10H2,(H,20,21)(H,22,23). The van der Waals surface area contributed by atoms with E-state index in [2.05, 4.69) is 16.4 Å². The summed E-state index contributed by atoms with van der Waals surface area (Å²) in [6, 6.07) is 8.06. The summed E-state index contributed by atoms with van der Waals surface area (Å²) < 4.78 is 0. The molecule has 1 aliphatic carbocycles. The van der Waals surface area contributed by atoms with E-state index in [-0.39, 0.29) is 5.91 Å². The van der Waals surface area contributed by atoms with Crippen molar-refractivity contribution in [2.24, 2.45) is 0 Å². The first-order valence-corrected chi connectivity index (χ1v) is 8.19. The van der Waals surface area contributed by atoms with Crippen molar-refractivity contribution in [3.05, 3.63) is 36.0 Å². The number of fused-ring (bicyclic) bond motifs is 1. The van der Waals surface area contributed by atoms with E-state index < -0.39 is 11.5 Å². The Morgan fingerprint density at radius 2 is 1.96 bits per heavy atom. The molecule has 1 aliphatic rings. The average Bonchev–Trinajstić information content (AvgIpc) is 3.01. The summed E-state index contributed by atoms with van der Waals surface area (Å²) in [6.45, 7) is 0. The molecule has 122 valence electrons. The number of carboxylic acids is 1. The van der Waals surface area contributed by atoms with E-state index in [0.29, 0.717) is 25.7 Å². The quantitative estimate of drug-likeness (QED) is 0.793. The maximum absolute atomic E-state index is 12.2. The molecular formula is C18H22N2O3. The number of hydrogen-bond donors (Lipinski definition) is 3. The summed E-state index contributed by atoms with van der Waals surface area (Å²) >= 11 is 0. The molecule has 2 aromatic rings. The van der Waals surface area contributed by atoms with E-state index in [1.165, 1.54) is 0 Å². The molecule has 23 heavy (non-hydrogen) atoms. The van der Waals surface area contributed by atoms with Crippen molar-refractivity contribution in [1.82, 2.24) is 10.3 Å². The van der Waals surface area contributed by atoms with Crippen molar-refractivity contribution in [2.75, 3.05) is 0 Å². The summed E-state index contributed by atoms with van der Waals surface area (Å²) in [5.41, 5.74) is 1.10. The first-order valence-electron chi connectivity index (χ1n) is 8.19. The maximum atomic E-state index is 12.2. The number of amides is 1. The molecule has 3 N–H and O–H groups in total. The summed E-state index contributed by atoms with van der Waals surface area (Å²) in [4.78, 5) is 27.0. The van der Waals surface area contributed by atoms with Gasteiger partial charge in [-0.3, -0.25) is 4.79 Å². The first kappa shape index (κ1) is 15.6. The molecule has 1 heterocycles. The van der Waals surface area contributed by atoms with Crippen LogP contribution in [0, 0.1) is 0 Å². The van der Waals surface area contributed by atoms with Gasteiger partial charge in [0.1, 0.15) is 5.54 Å². The topological polar surface area (TPSA) is 82.2 Å². The van der Waals surface area contributed by atoms with Crippen LogP contribution in [-0.4, -0.2) is 27.5 Å². The van der Waals surface area contributed by atoms with Crippen LogP contribution in [0.3, 0.4) is 0 Å². The number of rotatable bonds is 5. The Labute approximate surface area is 135 Å². The van der Waals surface area contributed by atoms with E-state index in [9.17, 15) is 14.7 Å². The number of carboxylic acid groups (broad SMARTS) is 1. The molecule has 1 aromatic carbocycles. The predicted octanol–water partition coefficient (Wildman–Crippen LogP) is 3.00. The van der Waals surface area contributed by atoms with Crippen LogP contribution in [-0.2, 0) is 16.0 Å². The zero-order chi connectivity index (χ0) is 16.3. The molecule has 5 heteroatoms. The average molecular weight is 314 g/mol. The van der Waals surface area contributed by atoms with E-state index in [1.54, 1.807) is 0 Å². The van der Waals surface area contributed by atoms with Crippen molar-refractivity contribution < 1.29 is 14.7 Å². The van der Waals surface area contributed by atoms with Gasteiger partial charge in [-0.2, -0.15) is 0 Å². The number of benzene rings is 1. The minimum Gasteiger partial charge on any atom is -0.480 e. The Hall–Kier alpha value is -2.30. The fraction of sp³-hybridized carbons (Fsp3) is 0.444. The van der Waals surface area contributed by atoms with Crippen molar-refractivity contribution >= 4 is 22.8 Å². The van der Waals surface area contributed by atoms with Crippen LogP contribution in [0.15, 0.2) is 30.5 Å². The fourth-order valence-electron chi connectivity index (χ4n) is 3.39. The Bertz CT molecular complexity index is 714. The predicted molar refractivity (Wildman–Crippen MR) is 88.2 cm³/mol. The lowest BCUT2D eigenvalue weighted by Crippen LogP contribution is -2.55. The molecule has 1 saturated carbocycles. The maximum Gasteiger partial charge on any atom is 0.329 e. The minimum absolute atomic E-state index is 0.177. The van der Waals surface area contributed by atoms with Crippen LogP contribution in [0.25, 0.3) is 10.9 Å². The summed E-state index contributed by atoms with van der Waals surface area (Å²) in [5.74, 6) is -1.08. The normalized spacial score (nSPS) is 17.0. The number of aromatic nitrogens is 1.